The maximum atomic E-state index is 13.1. The van der Waals surface area contributed by atoms with E-state index < -0.39 is 34.9 Å². The summed E-state index contributed by atoms with van der Waals surface area (Å²) in [6.45, 7) is 3.05. The van der Waals surface area contributed by atoms with Crippen LogP contribution in [-0.2, 0) is 26.7 Å². The third-order valence-electron chi connectivity index (χ3n) is 5.80. The second-order valence-corrected chi connectivity index (χ2v) is 9.36. The fourth-order valence-corrected chi connectivity index (χ4v) is 5.13. The number of benzene rings is 1. The number of aliphatic hydroxyl groups excluding tert-OH is 2. The van der Waals surface area contributed by atoms with Crippen LogP contribution in [0.25, 0.3) is 0 Å². The molecule has 36 heavy (non-hydrogen) atoms. The maximum Gasteiger partial charge on any atom is 0.355 e. The molecule has 1 aromatic carbocycles. The molecule has 2 heterocycles. The van der Waals surface area contributed by atoms with Crippen LogP contribution in [0, 0.1) is 22.0 Å². The van der Waals surface area contributed by atoms with Gasteiger partial charge in [0, 0.05) is 35.5 Å². The van der Waals surface area contributed by atoms with E-state index in [1.165, 1.54) is 43.0 Å². The van der Waals surface area contributed by atoms with Gasteiger partial charge in [0.05, 0.1) is 35.6 Å². The number of rotatable bonds is 12. The Labute approximate surface area is 212 Å². The van der Waals surface area contributed by atoms with Crippen LogP contribution in [-0.4, -0.2) is 52.3 Å². The number of non-ortho nitro benzene ring substituents is 1. The van der Waals surface area contributed by atoms with Crippen LogP contribution >= 0.6 is 11.8 Å². The summed E-state index contributed by atoms with van der Waals surface area (Å²) in [6.07, 6.45) is 0.521. The third-order valence-corrected chi connectivity index (χ3v) is 7.12. The second-order valence-electron chi connectivity index (χ2n) is 8.35. The number of furan rings is 1. The average Bonchev–Trinajstić information content (AvgIpc) is 3.48. The number of hydrogen-bond acceptors (Lipinski definition) is 10. The molecule has 1 aliphatic heterocycles. The van der Waals surface area contributed by atoms with Crippen molar-refractivity contribution in [3.63, 3.8) is 0 Å². The van der Waals surface area contributed by atoms with E-state index in [9.17, 15) is 24.8 Å². The van der Waals surface area contributed by atoms with Crippen LogP contribution in [0.3, 0.4) is 0 Å². The fraction of sp³-hybridized carbons (Fsp3) is 0.417. The summed E-state index contributed by atoms with van der Waals surface area (Å²) in [5.74, 6) is -1.17. The van der Waals surface area contributed by atoms with Gasteiger partial charge in [-0.3, -0.25) is 14.9 Å². The van der Waals surface area contributed by atoms with Crippen molar-refractivity contribution in [3.8, 4) is 0 Å². The molecule has 0 aliphatic carbocycles. The summed E-state index contributed by atoms with van der Waals surface area (Å²) in [4.78, 5) is 36.9. The monoisotopic (exact) mass is 519 g/mol. The minimum atomic E-state index is -1.03. The molecule has 4 N–H and O–H groups in total. The minimum Gasteiger partial charge on any atom is -0.468 e. The molecule has 0 radical (unpaired) electrons. The number of esters is 1. The van der Waals surface area contributed by atoms with Crippen LogP contribution in [0.2, 0.25) is 0 Å². The molecule has 0 saturated carbocycles. The summed E-state index contributed by atoms with van der Waals surface area (Å²) in [5.41, 5.74) is 0.695. The molecule has 3 rings (SSSR count). The van der Waals surface area contributed by atoms with Crippen molar-refractivity contribution in [3.05, 3.63) is 74.7 Å². The number of thioether (sulfide) groups is 1. The maximum absolute atomic E-state index is 13.1. The Kier molecular flexibility index (Phi) is 9.51. The molecular weight excluding hydrogens is 490 g/mol. The first-order valence-electron chi connectivity index (χ1n) is 11.4. The minimum absolute atomic E-state index is 0.0425. The normalized spacial score (nSPS) is 18.9. The van der Waals surface area contributed by atoms with E-state index in [-0.39, 0.29) is 37.1 Å². The standard InChI is InChI=1S/C24H29N3O8S/c1-14-20(19(15(2)29)23(30)25-9-10-28)26-21(22(14)36-13-18-4-3-11-34-18)24(31)35-12-16-5-7-17(8-6-16)27(32)33/h3-8,11,14-15,19-20,26,28-29H,9-10,12-13H2,1-2H3,(H,25,30)/t14-,15-,19?,20-/m1/s1. The van der Waals surface area contributed by atoms with E-state index in [0.29, 0.717) is 22.0 Å². The van der Waals surface area contributed by atoms with Crippen molar-refractivity contribution in [2.24, 2.45) is 11.8 Å². The zero-order valence-corrected chi connectivity index (χ0v) is 20.7. The average molecular weight is 520 g/mol. The van der Waals surface area contributed by atoms with Gasteiger partial charge in [-0.15, -0.1) is 11.8 Å². The molecule has 0 spiro atoms. The topological polar surface area (TPSA) is 164 Å². The van der Waals surface area contributed by atoms with Crippen LogP contribution < -0.4 is 10.6 Å². The highest BCUT2D eigenvalue weighted by Crippen LogP contribution is 2.40. The van der Waals surface area contributed by atoms with E-state index in [1.54, 1.807) is 12.3 Å². The van der Waals surface area contributed by atoms with Gasteiger partial charge in [0.1, 0.15) is 18.1 Å². The predicted octanol–water partition coefficient (Wildman–Crippen LogP) is 2.09. The quantitative estimate of drug-likeness (QED) is 0.185. The van der Waals surface area contributed by atoms with E-state index in [0.717, 1.165) is 0 Å². The van der Waals surface area contributed by atoms with Gasteiger partial charge in [0.15, 0.2) is 0 Å². The highest BCUT2D eigenvalue weighted by Gasteiger charge is 2.44. The number of carbonyl (C=O) groups excluding carboxylic acids is 2. The molecule has 0 fully saturated rings. The van der Waals surface area contributed by atoms with Gasteiger partial charge in [0.25, 0.3) is 5.69 Å². The molecule has 0 bridgehead atoms. The summed E-state index contributed by atoms with van der Waals surface area (Å²) in [6, 6.07) is 8.64. The summed E-state index contributed by atoms with van der Waals surface area (Å²) in [7, 11) is 0. The molecule has 4 atom stereocenters. The van der Waals surface area contributed by atoms with Crippen molar-refractivity contribution in [2.75, 3.05) is 13.2 Å². The van der Waals surface area contributed by atoms with E-state index in [4.69, 9.17) is 14.3 Å². The van der Waals surface area contributed by atoms with Gasteiger partial charge in [-0.2, -0.15) is 0 Å². The number of nitro groups is 1. The number of hydrogen-bond donors (Lipinski definition) is 4. The van der Waals surface area contributed by atoms with Gasteiger partial charge in [-0.05, 0) is 36.8 Å². The molecule has 1 aliphatic rings. The smallest absolute Gasteiger partial charge is 0.355 e. The SMILES string of the molecule is C[C@@H](O)C(C(=O)NCCO)[C@@H]1NC(C(=O)OCc2ccc([N+](=O)[O-])cc2)=C(SCc2ccco2)[C@@H]1C. The van der Waals surface area contributed by atoms with Crippen molar-refractivity contribution in [1.82, 2.24) is 10.6 Å². The van der Waals surface area contributed by atoms with Crippen molar-refractivity contribution >= 4 is 29.3 Å². The Hall–Kier alpha value is -3.35. The van der Waals surface area contributed by atoms with E-state index >= 15 is 0 Å². The second kappa shape index (κ2) is 12.6. The van der Waals surface area contributed by atoms with Crippen molar-refractivity contribution in [1.29, 1.82) is 0 Å². The molecule has 0 saturated heterocycles. The lowest BCUT2D eigenvalue weighted by molar-refractivity contribution is -0.384. The van der Waals surface area contributed by atoms with E-state index in [1.807, 2.05) is 13.0 Å². The molecule has 11 nitrogen and oxygen atoms in total. The predicted molar refractivity (Wildman–Crippen MR) is 131 cm³/mol. The van der Waals surface area contributed by atoms with Gasteiger partial charge in [-0.25, -0.2) is 4.79 Å². The van der Waals surface area contributed by atoms with Crippen LogP contribution in [0.1, 0.15) is 25.2 Å². The molecule has 12 heteroatoms. The van der Waals surface area contributed by atoms with Gasteiger partial charge >= 0.3 is 5.97 Å². The largest absolute Gasteiger partial charge is 0.468 e. The van der Waals surface area contributed by atoms with Crippen molar-refractivity contribution < 1.29 is 33.9 Å². The zero-order chi connectivity index (χ0) is 26.2. The highest BCUT2D eigenvalue weighted by atomic mass is 32.2. The Morgan fingerprint density at radius 2 is 2.03 bits per heavy atom. The lowest BCUT2D eigenvalue weighted by atomic mass is 9.86. The molecule has 1 aromatic heterocycles. The summed E-state index contributed by atoms with van der Waals surface area (Å²) < 4.78 is 10.9. The Balaban J connectivity index is 1.79. The first-order chi connectivity index (χ1) is 17.2. The first-order valence-corrected chi connectivity index (χ1v) is 12.3. The number of aliphatic hydroxyl groups is 2. The van der Waals surface area contributed by atoms with Gasteiger partial charge in [0.2, 0.25) is 5.91 Å². The Bertz CT molecular complexity index is 1090. The first kappa shape index (κ1) is 27.2. The number of nitrogens with zero attached hydrogens (tertiary/aromatic N) is 1. The van der Waals surface area contributed by atoms with Crippen molar-refractivity contribution in [2.45, 2.75) is 38.4 Å². The summed E-state index contributed by atoms with van der Waals surface area (Å²) in [5, 5.41) is 36.0. The number of carbonyl (C=O) groups is 2. The number of amides is 1. The Morgan fingerprint density at radius 3 is 2.61 bits per heavy atom. The fourth-order valence-electron chi connectivity index (χ4n) is 3.98. The van der Waals surface area contributed by atoms with Crippen LogP contribution in [0.5, 0.6) is 0 Å². The lowest BCUT2D eigenvalue weighted by Crippen LogP contribution is -2.50. The van der Waals surface area contributed by atoms with Gasteiger partial charge in [-0.1, -0.05) is 6.92 Å². The molecular formula is C24H29N3O8S. The zero-order valence-electron chi connectivity index (χ0n) is 19.9. The third kappa shape index (κ3) is 6.65. The summed E-state index contributed by atoms with van der Waals surface area (Å²) >= 11 is 1.37. The number of nitrogens with one attached hydrogen (secondary N) is 2. The Morgan fingerprint density at radius 1 is 1.31 bits per heavy atom. The van der Waals surface area contributed by atoms with Crippen LogP contribution in [0.15, 0.2) is 57.7 Å². The van der Waals surface area contributed by atoms with Crippen LogP contribution in [0.4, 0.5) is 5.69 Å². The molecule has 1 amide bonds. The number of ether oxygens (including phenoxy) is 1. The highest BCUT2D eigenvalue weighted by molar-refractivity contribution is 8.02. The van der Waals surface area contributed by atoms with E-state index in [2.05, 4.69) is 10.6 Å². The molecule has 194 valence electrons. The lowest BCUT2D eigenvalue weighted by Gasteiger charge is -2.29. The number of nitro benzene ring substituents is 1. The molecule has 1 unspecified atom stereocenters. The van der Waals surface area contributed by atoms with Gasteiger partial charge < -0.3 is 30.0 Å². The molecule has 2 aromatic rings.